The van der Waals surface area contributed by atoms with Gasteiger partial charge in [-0.3, -0.25) is 4.79 Å². The quantitative estimate of drug-likeness (QED) is 0.519. The van der Waals surface area contributed by atoms with Crippen LogP contribution in [0.5, 0.6) is 11.5 Å². The van der Waals surface area contributed by atoms with E-state index in [0.717, 1.165) is 17.7 Å². The predicted molar refractivity (Wildman–Crippen MR) is 104 cm³/mol. The summed E-state index contributed by atoms with van der Waals surface area (Å²) in [7, 11) is 0. The number of amides is 1. The van der Waals surface area contributed by atoms with E-state index < -0.39 is 0 Å². The number of unbranched alkanes of at least 4 members (excludes halogenated alkanes) is 1. The minimum absolute atomic E-state index is 0.0846. The Balaban J connectivity index is 1.78. The molecule has 0 unspecified atom stereocenters. The molecule has 5 heteroatoms. The maximum atomic E-state index is 11.8. The number of nitrogens with one attached hydrogen (secondary N) is 1. The molecule has 2 aromatic carbocycles. The summed E-state index contributed by atoms with van der Waals surface area (Å²) in [5, 5.41) is 3.96. The fourth-order valence-corrected chi connectivity index (χ4v) is 2.36. The van der Waals surface area contributed by atoms with Gasteiger partial charge in [-0.2, -0.15) is 5.10 Å². The number of carbonyl (C=O) groups excluding carboxylic acids is 1. The van der Waals surface area contributed by atoms with Crippen molar-refractivity contribution in [2.45, 2.75) is 33.1 Å². The van der Waals surface area contributed by atoms with Gasteiger partial charge in [-0.25, -0.2) is 5.43 Å². The second-order valence-electron chi connectivity index (χ2n) is 5.80. The summed E-state index contributed by atoms with van der Waals surface area (Å²) in [6.45, 7) is 4.58. The van der Waals surface area contributed by atoms with Crippen LogP contribution in [0.15, 0.2) is 53.6 Å². The maximum Gasteiger partial charge on any atom is 0.277 e. The van der Waals surface area contributed by atoms with E-state index in [1.165, 1.54) is 18.4 Å². The van der Waals surface area contributed by atoms with Gasteiger partial charge in [0.15, 0.2) is 6.61 Å². The van der Waals surface area contributed by atoms with Crippen LogP contribution in [0.25, 0.3) is 0 Å². The lowest BCUT2D eigenvalue weighted by Crippen LogP contribution is -2.24. The van der Waals surface area contributed by atoms with Crippen molar-refractivity contribution < 1.29 is 14.3 Å². The first-order valence-corrected chi connectivity index (χ1v) is 8.98. The molecule has 0 saturated heterocycles. The van der Waals surface area contributed by atoms with E-state index in [-0.39, 0.29) is 12.5 Å². The SMILES string of the molecule is CCCCc1ccc(OCC(=O)NN=Cc2ccccc2OCC)cc1. The fraction of sp³-hybridized carbons (Fsp3) is 0.333. The summed E-state index contributed by atoms with van der Waals surface area (Å²) < 4.78 is 11.0. The Hall–Kier alpha value is -2.82. The molecule has 0 bridgehead atoms. The zero-order chi connectivity index (χ0) is 18.6. The number of hydrogen-bond donors (Lipinski definition) is 1. The number of rotatable bonds is 10. The average Bonchev–Trinajstić information content (AvgIpc) is 2.67. The number of hydrogen-bond acceptors (Lipinski definition) is 4. The van der Waals surface area contributed by atoms with E-state index in [0.29, 0.717) is 12.4 Å². The Morgan fingerprint density at radius 2 is 1.85 bits per heavy atom. The Bertz CT molecular complexity index is 711. The number of para-hydroxylation sites is 1. The van der Waals surface area contributed by atoms with Gasteiger partial charge in [0.05, 0.1) is 12.8 Å². The van der Waals surface area contributed by atoms with Crippen LogP contribution in [-0.2, 0) is 11.2 Å². The third-order valence-corrected chi connectivity index (χ3v) is 3.72. The number of aryl methyl sites for hydroxylation is 1. The molecular formula is C21H26N2O3. The zero-order valence-corrected chi connectivity index (χ0v) is 15.4. The van der Waals surface area contributed by atoms with Crippen LogP contribution in [-0.4, -0.2) is 25.3 Å². The van der Waals surface area contributed by atoms with Crippen LogP contribution < -0.4 is 14.9 Å². The van der Waals surface area contributed by atoms with E-state index in [4.69, 9.17) is 9.47 Å². The van der Waals surface area contributed by atoms with Crippen LogP contribution in [0.2, 0.25) is 0 Å². The number of ether oxygens (including phenoxy) is 2. The molecule has 1 amide bonds. The van der Waals surface area contributed by atoms with Crippen molar-refractivity contribution in [3.63, 3.8) is 0 Å². The molecule has 2 rings (SSSR count). The number of nitrogens with zero attached hydrogens (tertiary/aromatic N) is 1. The summed E-state index contributed by atoms with van der Waals surface area (Å²) in [5.74, 6) is 1.09. The molecule has 0 aliphatic rings. The highest BCUT2D eigenvalue weighted by molar-refractivity contribution is 5.85. The summed E-state index contributed by atoms with van der Waals surface area (Å²) in [6, 6.07) is 15.4. The van der Waals surface area contributed by atoms with Gasteiger partial charge in [-0.1, -0.05) is 37.6 Å². The number of benzene rings is 2. The van der Waals surface area contributed by atoms with E-state index >= 15 is 0 Å². The fourth-order valence-electron chi connectivity index (χ4n) is 2.36. The van der Waals surface area contributed by atoms with Crippen LogP contribution in [0.3, 0.4) is 0 Å². The highest BCUT2D eigenvalue weighted by Gasteiger charge is 2.03. The molecule has 0 aliphatic carbocycles. The summed E-state index contributed by atoms with van der Waals surface area (Å²) in [5.41, 5.74) is 4.54. The van der Waals surface area contributed by atoms with E-state index in [1.54, 1.807) is 6.21 Å². The van der Waals surface area contributed by atoms with Gasteiger partial charge in [0.25, 0.3) is 5.91 Å². The second-order valence-corrected chi connectivity index (χ2v) is 5.80. The predicted octanol–water partition coefficient (Wildman–Crippen LogP) is 3.96. The second kappa shape index (κ2) is 10.9. The van der Waals surface area contributed by atoms with Gasteiger partial charge in [-0.15, -0.1) is 0 Å². The lowest BCUT2D eigenvalue weighted by molar-refractivity contribution is -0.123. The molecule has 2 aromatic rings. The molecule has 26 heavy (non-hydrogen) atoms. The van der Waals surface area contributed by atoms with Crippen molar-refractivity contribution in [1.29, 1.82) is 0 Å². The monoisotopic (exact) mass is 354 g/mol. The van der Waals surface area contributed by atoms with Crippen molar-refractivity contribution in [3.8, 4) is 11.5 Å². The van der Waals surface area contributed by atoms with Crippen molar-refractivity contribution in [2.75, 3.05) is 13.2 Å². The Morgan fingerprint density at radius 1 is 1.08 bits per heavy atom. The molecule has 0 fully saturated rings. The topological polar surface area (TPSA) is 59.9 Å². The molecule has 138 valence electrons. The van der Waals surface area contributed by atoms with Crippen molar-refractivity contribution in [2.24, 2.45) is 5.10 Å². The molecule has 0 spiro atoms. The summed E-state index contributed by atoms with van der Waals surface area (Å²) in [6.07, 6.45) is 4.97. The van der Waals surface area contributed by atoms with Gasteiger partial charge in [0.2, 0.25) is 0 Å². The van der Waals surface area contributed by atoms with E-state index in [2.05, 4.69) is 17.5 Å². The Labute approximate surface area is 155 Å². The summed E-state index contributed by atoms with van der Waals surface area (Å²) >= 11 is 0. The van der Waals surface area contributed by atoms with Crippen LogP contribution in [0, 0.1) is 0 Å². The van der Waals surface area contributed by atoms with Gasteiger partial charge in [0, 0.05) is 5.56 Å². The Morgan fingerprint density at radius 3 is 2.58 bits per heavy atom. The van der Waals surface area contributed by atoms with Crippen molar-refractivity contribution in [3.05, 3.63) is 59.7 Å². The van der Waals surface area contributed by atoms with Crippen LogP contribution in [0.4, 0.5) is 0 Å². The lowest BCUT2D eigenvalue weighted by Gasteiger charge is -2.07. The standard InChI is InChI=1S/C21H26N2O3/c1-3-5-8-17-11-13-19(14-12-17)26-16-21(24)23-22-15-18-9-6-7-10-20(18)25-4-2/h6-7,9-15H,3-5,8,16H2,1-2H3,(H,23,24). The smallest absolute Gasteiger partial charge is 0.277 e. The van der Waals surface area contributed by atoms with E-state index in [1.807, 2.05) is 55.5 Å². The molecule has 5 nitrogen and oxygen atoms in total. The molecule has 1 N–H and O–H groups in total. The zero-order valence-electron chi connectivity index (χ0n) is 15.4. The normalized spacial score (nSPS) is 10.7. The van der Waals surface area contributed by atoms with Crippen molar-refractivity contribution >= 4 is 12.1 Å². The van der Waals surface area contributed by atoms with Crippen LogP contribution >= 0.6 is 0 Å². The molecule has 0 radical (unpaired) electrons. The van der Waals surface area contributed by atoms with Crippen LogP contribution in [0.1, 0.15) is 37.8 Å². The minimum Gasteiger partial charge on any atom is -0.493 e. The lowest BCUT2D eigenvalue weighted by atomic mass is 10.1. The highest BCUT2D eigenvalue weighted by Crippen LogP contribution is 2.15. The first-order valence-electron chi connectivity index (χ1n) is 8.98. The Kier molecular flexibility index (Phi) is 8.19. The largest absolute Gasteiger partial charge is 0.493 e. The maximum absolute atomic E-state index is 11.8. The average molecular weight is 354 g/mol. The van der Waals surface area contributed by atoms with Gasteiger partial charge >= 0.3 is 0 Å². The summed E-state index contributed by atoms with van der Waals surface area (Å²) in [4.78, 5) is 11.8. The van der Waals surface area contributed by atoms with Gasteiger partial charge < -0.3 is 9.47 Å². The minimum atomic E-state index is -0.315. The van der Waals surface area contributed by atoms with Gasteiger partial charge in [0.1, 0.15) is 11.5 Å². The molecule has 0 atom stereocenters. The van der Waals surface area contributed by atoms with Crippen molar-refractivity contribution in [1.82, 2.24) is 5.43 Å². The first kappa shape index (κ1) is 19.5. The number of carbonyl (C=O) groups is 1. The molecule has 0 saturated carbocycles. The molecule has 0 heterocycles. The first-order chi connectivity index (χ1) is 12.7. The van der Waals surface area contributed by atoms with E-state index in [9.17, 15) is 4.79 Å². The third kappa shape index (κ3) is 6.59. The highest BCUT2D eigenvalue weighted by atomic mass is 16.5. The number of hydrazone groups is 1. The molecular weight excluding hydrogens is 328 g/mol. The van der Waals surface area contributed by atoms with Gasteiger partial charge in [-0.05, 0) is 49.6 Å². The molecule has 0 aromatic heterocycles. The third-order valence-electron chi connectivity index (χ3n) is 3.72. The molecule has 0 aliphatic heterocycles.